The lowest BCUT2D eigenvalue weighted by Gasteiger charge is -2.26. The lowest BCUT2D eigenvalue weighted by Crippen LogP contribution is -2.08. The van der Waals surface area contributed by atoms with E-state index in [1.54, 1.807) is 6.92 Å². The molecule has 0 saturated carbocycles. The fourth-order valence-corrected chi connectivity index (χ4v) is 8.68. The van der Waals surface area contributed by atoms with Gasteiger partial charge in [-0.2, -0.15) is 0 Å². The van der Waals surface area contributed by atoms with Crippen LogP contribution in [-0.4, -0.2) is 5.78 Å². The van der Waals surface area contributed by atoms with Crippen LogP contribution in [0, 0.1) is 0 Å². The SMILES string of the molecule is CCC(C)c1cc(C(C)CC)c2cc(OP(Oc3ccc(C(C)=O)cc3)Oc3cc4c(C(C)CC)cc(C(C)CC)cc4cc3C(C)CC)c(C(C)CC)cc2c1. The molecule has 5 rings (SSSR count). The third-order valence-electron chi connectivity index (χ3n) is 13.0. The number of hydrogen-bond acceptors (Lipinski definition) is 4. The first kappa shape index (κ1) is 44.2. The van der Waals surface area contributed by atoms with Crippen LogP contribution in [0.15, 0.2) is 72.8 Å². The second-order valence-corrected chi connectivity index (χ2v) is 17.9. The van der Waals surface area contributed by atoms with Gasteiger partial charge < -0.3 is 13.6 Å². The summed E-state index contributed by atoms with van der Waals surface area (Å²) in [5, 5.41) is 4.97. The third kappa shape index (κ3) is 10.1. The molecule has 0 bridgehead atoms. The number of rotatable bonds is 19. The Kier molecular flexibility index (Phi) is 15.3. The van der Waals surface area contributed by atoms with Crippen LogP contribution in [0.3, 0.4) is 0 Å². The monoisotopic (exact) mass is 788 g/mol. The molecule has 0 aromatic heterocycles. The maximum atomic E-state index is 12.2. The minimum atomic E-state index is -2.00. The zero-order valence-corrected chi connectivity index (χ0v) is 38.1. The zero-order valence-electron chi connectivity index (χ0n) is 37.2. The van der Waals surface area contributed by atoms with E-state index in [1.165, 1.54) is 43.8 Å². The van der Waals surface area contributed by atoms with Crippen LogP contribution in [-0.2, 0) is 0 Å². The number of ketones is 1. The van der Waals surface area contributed by atoms with Gasteiger partial charge in [0.1, 0.15) is 17.2 Å². The van der Waals surface area contributed by atoms with Gasteiger partial charge in [-0.3, -0.25) is 4.79 Å². The molecule has 0 amide bonds. The summed E-state index contributed by atoms with van der Waals surface area (Å²) in [4.78, 5) is 12.2. The highest BCUT2D eigenvalue weighted by Crippen LogP contribution is 2.49. The Morgan fingerprint density at radius 2 is 0.842 bits per heavy atom. The van der Waals surface area contributed by atoms with E-state index in [2.05, 4.69) is 132 Å². The zero-order chi connectivity index (χ0) is 41.6. The van der Waals surface area contributed by atoms with E-state index >= 15 is 0 Å². The average Bonchev–Trinajstić information content (AvgIpc) is 3.23. The molecule has 0 aliphatic rings. The number of fused-ring (bicyclic) bond motifs is 2. The first-order valence-corrected chi connectivity index (χ1v) is 23.0. The molecule has 5 aromatic rings. The Labute approximate surface area is 346 Å². The summed E-state index contributed by atoms with van der Waals surface area (Å²) in [5.41, 5.74) is 8.47. The lowest BCUT2D eigenvalue weighted by molar-refractivity contribution is 0.101. The van der Waals surface area contributed by atoms with Crippen molar-refractivity contribution in [2.45, 2.75) is 164 Å². The summed E-state index contributed by atoms with van der Waals surface area (Å²) in [7, 11) is -2.00. The number of benzene rings is 5. The second-order valence-electron chi connectivity index (χ2n) is 16.9. The van der Waals surface area contributed by atoms with E-state index in [9.17, 15) is 4.79 Å². The Hall–Kier alpha value is -3.88. The standard InChI is InChI=1S/C52H69O4P/c1-14-32(7)40-24-42-28-47(36(11)18-5)51(30-49(42)45(26-40)34(9)16-3)55-57(54-44-22-20-39(21-23-44)38(13)53)56-52-31-50-43(29-48(52)37(12)19-6)25-41(33(8)15-2)27-46(50)35(10)17-4/h20-37H,14-19H2,1-13H3. The smallest absolute Gasteiger partial charge is 0.409 e. The van der Waals surface area contributed by atoms with Crippen LogP contribution < -0.4 is 13.6 Å². The first-order chi connectivity index (χ1) is 27.3. The minimum absolute atomic E-state index is 0.0160. The van der Waals surface area contributed by atoms with Gasteiger partial charge >= 0.3 is 8.60 Å². The molecular formula is C52H69O4P. The summed E-state index contributed by atoms with van der Waals surface area (Å²) >= 11 is 0. The number of carbonyl (C=O) groups is 1. The molecule has 0 radical (unpaired) electrons. The van der Waals surface area contributed by atoms with Crippen molar-refractivity contribution in [2.24, 2.45) is 0 Å². The van der Waals surface area contributed by atoms with Crippen molar-refractivity contribution < 1.29 is 18.4 Å². The molecule has 5 aromatic carbocycles. The molecule has 306 valence electrons. The lowest BCUT2D eigenvalue weighted by atomic mass is 9.85. The van der Waals surface area contributed by atoms with Gasteiger partial charge in [-0.15, -0.1) is 0 Å². The van der Waals surface area contributed by atoms with Crippen LogP contribution in [0.25, 0.3) is 21.5 Å². The largest absolute Gasteiger partial charge is 0.530 e. The van der Waals surface area contributed by atoms with Crippen molar-refractivity contribution in [2.75, 3.05) is 0 Å². The van der Waals surface area contributed by atoms with E-state index in [1.807, 2.05) is 24.3 Å². The molecule has 0 heterocycles. The van der Waals surface area contributed by atoms with E-state index < -0.39 is 8.60 Å². The van der Waals surface area contributed by atoms with Crippen molar-refractivity contribution in [1.29, 1.82) is 0 Å². The Morgan fingerprint density at radius 1 is 0.474 bits per heavy atom. The fourth-order valence-electron chi connectivity index (χ4n) is 7.64. The van der Waals surface area contributed by atoms with Gasteiger partial charge in [0.2, 0.25) is 0 Å². The van der Waals surface area contributed by atoms with Gasteiger partial charge in [0.15, 0.2) is 5.78 Å². The quantitative estimate of drug-likeness (QED) is 0.0617. The summed E-state index contributed by atoms with van der Waals surface area (Å²) in [6, 6.07) is 26.2. The van der Waals surface area contributed by atoms with E-state index in [0.29, 0.717) is 35.0 Å². The van der Waals surface area contributed by atoms with Crippen molar-refractivity contribution in [3.63, 3.8) is 0 Å². The number of Topliss-reactive ketones (excluding diaryl/α,β-unsaturated/α-hetero) is 1. The molecule has 0 saturated heterocycles. The van der Waals surface area contributed by atoms with Crippen molar-refractivity contribution in [3.8, 4) is 17.2 Å². The first-order valence-electron chi connectivity index (χ1n) is 21.9. The van der Waals surface area contributed by atoms with Gasteiger partial charge in [0.05, 0.1) is 0 Å². The van der Waals surface area contributed by atoms with Crippen molar-refractivity contribution >= 4 is 35.9 Å². The summed E-state index contributed by atoms with van der Waals surface area (Å²) in [5.74, 6) is 4.47. The normalized spacial score (nSPS) is 15.5. The molecule has 4 nitrogen and oxygen atoms in total. The van der Waals surface area contributed by atoms with E-state index in [0.717, 1.165) is 61.2 Å². The molecule has 6 atom stereocenters. The van der Waals surface area contributed by atoms with Crippen LogP contribution >= 0.6 is 8.60 Å². The van der Waals surface area contributed by atoms with E-state index in [-0.39, 0.29) is 17.6 Å². The van der Waals surface area contributed by atoms with E-state index in [4.69, 9.17) is 13.6 Å². The molecule has 0 aliphatic carbocycles. The molecule has 5 heteroatoms. The van der Waals surface area contributed by atoms with Crippen LogP contribution in [0.5, 0.6) is 17.2 Å². The summed E-state index contributed by atoms with van der Waals surface area (Å²) in [6.45, 7) is 29.0. The highest BCUT2D eigenvalue weighted by atomic mass is 31.2. The van der Waals surface area contributed by atoms with Crippen molar-refractivity contribution in [3.05, 3.63) is 112 Å². The van der Waals surface area contributed by atoms with Crippen LogP contribution in [0.1, 0.15) is 208 Å². The topological polar surface area (TPSA) is 44.8 Å². The Balaban J connectivity index is 1.73. The minimum Gasteiger partial charge on any atom is -0.409 e. The molecule has 0 spiro atoms. The van der Waals surface area contributed by atoms with Crippen molar-refractivity contribution in [1.82, 2.24) is 0 Å². The van der Waals surface area contributed by atoms with Gasteiger partial charge in [-0.25, -0.2) is 0 Å². The van der Waals surface area contributed by atoms with Crippen LogP contribution in [0.4, 0.5) is 0 Å². The summed E-state index contributed by atoms with van der Waals surface area (Å²) in [6.07, 6.45) is 6.24. The average molecular weight is 789 g/mol. The highest BCUT2D eigenvalue weighted by molar-refractivity contribution is 7.43. The number of hydrogen-bond donors (Lipinski definition) is 0. The summed E-state index contributed by atoms with van der Waals surface area (Å²) < 4.78 is 21.0. The maximum absolute atomic E-state index is 12.2. The molecule has 0 fully saturated rings. The van der Waals surface area contributed by atoms with Gasteiger partial charge in [0.25, 0.3) is 0 Å². The maximum Gasteiger partial charge on any atom is 0.530 e. The highest BCUT2D eigenvalue weighted by Gasteiger charge is 2.28. The molecule has 57 heavy (non-hydrogen) atoms. The van der Waals surface area contributed by atoms with Gasteiger partial charge in [0, 0.05) is 5.56 Å². The Bertz CT molecular complexity index is 2010. The predicted molar refractivity (Wildman–Crippen MR) is 245 cm³/mol. The second kappa shape index (κ2) is 19.7. The van der Waals surface area contributed by atoms with Gasteiger partial charge in [-0.1, -0.05) is 107 Å². The number of carbonyl (C=O) groups excluding carboxylic acids is 1. The third-order valence-corrected chi connectivity index (χ3v) is 14.0. The van der Waals surface area contributed by atoms with Gasteiger partial charge in [-0.05, 0) is 184 Å². The molecule has 6 unspecified atom stereocenters. The predicted octanol–water partition coefficient (Wildman–Crippen LogP) is 17.0. The van der Waals surface area contributed by atoms with Crippen LogP contribution in [0.2, 0.25) is 0 Å². The Morgan fingerprint density at radius 3 is 1.19 bits per heavy atom. The molecule has 0 aliphatic heterocycles. The molecule has 0 N–H and O–H groups in total. The fraction of sp³-hybridized carbons (Fsp3) is 0.481. The molecular weight excluding hydrogens is 720 g/mol.